The normalized spacial score (nSPS) is 11.4. The Kier molecular flexibility index (Phi) is 6.53. The third-order valence-electron chi connectivity index (χ3n) is 1.55. The number of phenolic OH excluding ortho intramolecular Hbond substituents is 2. The topological polar surface area (TPSA) is 75.7 Å². The van der Waals surface area contributed by atoms with Crippen LogP contribution in [0.5, 0.6) is 11.5 Å². The monoisotopic (exact) mass is 199 g/mol. The van der Waals surface area contributed by atoms with E-state index in [1.54, 1.807) is 7.11 Å². The number of benzene rings is 1. The van der Waals surface area contributed by atoms with Crippen molar-refractivity contribution in [3.05, 3.63) is 24.3 Å². The zero-order chi connectivity index (χ0) is 11.0. The highest BCUT2D eigenvalue weighted by atomic mass is 16.5. The van der Waals surface area contributed by atoms with Crippen LogP contribution in [-0.2, 0) is 4.74 Å². The van der Waals surface area contributed by atoms with Crippen LogP contribution in [0.3, 0.4) is 0 Å². The molecule has 4 N–H and O–H groups in total. The van der Waals surface area contributed by atoms with Gasteiger partial charge < -0.3 is 20.7 Å². The number of aromatic hydroxyl groups is 2. The number of hydrogen-bond donors (Lipinski definition) is 3. The molecule has 4 nitrogen and oxygen atoms in total. The average Bonchev–Trinajstić information content (AvgIpc) is 2.22. The van der Waals surface area contributed by atoms with Crippen molar-refractivity contribution in [3.8, 4) is 11.5 Å². The summed E-state index contributed by atoms with van der Waals surface area (Å²) in [5.74, 6) is 0.339. The summed E-state index contributed by atoms with van der Waals surface area (Å²) in [5, 5.41) is 17.3. The van der Waals surface area contributed by atoms with E-state index in [1.165, 1.54) is 24.3 Å². The molecule has 0 saturated carbocycles. The fraction of sp³-hybridized carbons (Fsp3) is 0.400. The van der Waals surface area contributed by atoms with Gasteiger partial charge in [0.2, 0.25) is 0 Å². The SMILES string of the molecule is CCC(N)OC.Oc1ccc(O)cc1. The Labute approximate surface area is 83.9 Å². The number of hydrogen-bond acceptors (Lipinski definition) is 4. The van der Waals surface area contributed by atoms with Gasteiger partial charge in [0.1, 0.15) is 17.7 Å². The molecule has 0 amide bonds. The third-order valence-corrected chi connectivity index (χ3v) is 1.55. The summed E-state index contributed by atoms with van der Waals surface area (Å²) in [7, 11) is 1.61. The second-order valence-corrected chi connectivity index (χ2v) is 2.70. The Hall–Kier alpha value is -1.26. The van der Waals surface area contributed by atoms with Gasteiger partial charge in [0.15, 0.2) is 0 Å². The van der Waals surface area contributed by atoms with Gasteiger partial charge in [-0.1, -0.05) is 6.92 Å². The van der Waals surface area contributed by atoms with Crippen molar-refractivity contribution >= 4 is 0 Å². The molecule has 1 aromatic carbocycles. The molecule has 0 saturated heterocycles. The van der Waals surface area contributed by atoms with Crippen LogP contribution in [0.2, 0.25) is 0 Å². The van der Waals surface area contributed by atoms with E-state index >= 15 is 0 Å². The Morgan fingerprint density at radius 3 is 1.71 bits per heavy atom. The van der Waals surface area contributed by atoms with E-state index in [2.05, 4.69) is 4.74 Å². The minimum Gasteiger partial charge on any atom is -0.508 e. The summed E-state index contributed by atoms with van der Waals surface area (Å²) < 4.78 is 4.68. The van der Waals surface area contributed by atoms with Gasteiger partial charge in [-0.15, -0.1) is 0 Å². The molecular weight excluding hydrogens is 182 g/mol. The number of phenols is 2. The van der Waals surface area contributed by atoms with E-state index in [1.807, 2.05) is 6.92 Å². The average molecular weight is 199 g/mol. The van der Waals surface area contributed by atoms with Crippen LogP contribution < -0.4 is 5.73 Å². The molecule has 80 valence electrons. The van der Waals surface area contributed by atoms with Crippen molar-refractivity contribution in [1.29, 1.82) is 0 Å². The first-order valence-corrected chi connectivity index (χ1v) is 4.36. The van der Waals surface area contributed by atoms with Gasteiger partial charge in [-0.3, -0.25) is 0 Å². The number of ether oxygens (including phenoxy) is 1. The van der Waals surface area contributed by atoms with Crippen LogP contribution in [0.4, 0.5) is 0 Å². The van der Waals surface area contributed by atoms with E-state index in [0.29, 0.717) is 0 Å². The molecule has 0 radical (unpaired) electrons. The van der Waals surface area contributed by atoms with Crippen molar-refractivity contribution in [3.63, 3.8) is 0 Å². The minimum atomic E-state index is -0.0648. The third kappa shape index (κ3) is 6.28. The lowest BCUT2D eigenvalue weighted by molar-refractivity contribution is 0.105. The van der Waals surface area contributed by atoms with Crippen LogP contribution in [0, 0.1) is 0 Å². The highest BCUT2D eigenvalue weighted by Crippen LogP contribution is 2.13. The minimum absolute atomic E-state index is 0.0648. The van der Waals surface area contributed by atoms with Crippen LogP contribution in [0.1, 0.15) is 13.3 Å². The van der Waals surface area contributed by atoms with Gasteiger partial charge >= 0.3 is 0 Å². The van der Waals surface area contributed by atoms with Gasteiger partial charge in [0.25, 0.3) is 0 Å². The molecule has 1 aromatic rings. The molecule has 4 heteroatoms. The Balaban J connectivity index is 0.000000255. The molecule has 0 aliphatic heterocycles. The highest BCUT2D eigenvalue weighted by Gasteiger charge is 1.88. The van der Waals surface area contributed by atoms with E-state index in [9.17, 15) is 0 Å². The molecule has 0 aliphatic carbocycles. The zero-order valence-electron chi connectivity index (χ0n) is 8.47. The Bertz CT molecular complexity index is 211. The van der Waals surface area contributed by atoms with Crippen molar-refractivity contribution < 1.29 is 14.9 Å². The maximum Gasteiger partial charge on any atom is 0.115 e. The molecule has 0 aromatic heterocycles. The molecule has 0 heterocycles. The van der Waals surface area contributed by atoms with E-state index in [0.717, 1.165) is 6.42 Å². The molecular formula is C10H17NO3. The summed E-state index contributed by atoms with van der Waals surface area (Å²) in [6.45, 7) is 1.98. The lowest BCUT2D eigenvalue weighted by Gasteiger charge is -2.01. The first-order chi connectivity index (χ1) is 6.60. The summed E-state index contributed by atoms with van der Waals surface area (Å²) in [6, 6.07) is 5.70. The van der Waals surface area contributed by atoms with Gasteiger partial charge in [0, 0.05) is 7.11 Å². The first kappa shape index (κ1) is 12.7. The Morgan fingerprint density at radius 2 is 1.57 bits per heavy atom. The molecule has 1 atom stereocenters. The van der Waals surface area contributed by atoms with Crippen molar-refractivity contribution in [1.82, 2.24) is 0 Å². The molecule has 0 fully saturated rings. The van der Waals surface area contributed by atoms with Crippen molar-refractivity contribution in [2.24, 2.45) is 5.73 Å². The van der Waals surface area contributed by atoms with Crippen LogP contribution in [-0.4, -0.2) is 23.6 Å². The fourth-order valence-corrected chi connectivity index (χ4v) is 0.619. The lowest BCUT2D eigenvalue weighted by Crippen LogP contribution is -2.19. The smallest absolute Gasteiger partial charge is 0.115 e. The molecule has 0 aliphatic rings. The second kappa shape index (κ2) is 7.17. The van der Waals surface area contributed by atoms with Gasteiger partial charge in [-0.25, -0.2) is 0 Å². The standard InChI is InChI=1S/C6H6O2.C4H11NO/c7-5-1-2-6(8)4-3-5;1-3-4(5)6-2/h1-4,7-8H;4H,3,5H2,1-2H3. The zero-order valence-corrected chi connectivity index (χ0v) is 8.47. The summed E-state index contributed by atoms with van der Waals surface area (Å²) in [4.78, 5) is 0. The number of rotatable bonds is 2. The maximum absolute atomic E-state index is 8.65. The second-order valence-electron chi connectivity index (χ2n) is 2.70. The largest absolute Gasteiger partial charge is 0.508 e. The van der Waals surface area contributed by atoms with Gasteiger partial charge in [-0.05, 0) is 30.7 Å². The van der Waals surface area contributed by atoms with Crippen LogP contribution in [0.15, 0.2) is 24.3 Å². The molecule has 1 unspecified atom stereocenters. The fourth-order valence-electron chi connectivity index (χ4n) is 0.619. The van der Waals surface area contributed by atoms with E-state index in [-0.39, 0.29) is 17.7 Å². The van der Waals surface area contributed by atoms with Gasteiger partial charge in [-0.2, -0.15) is 0 Å². The van der Waals surface area contributed by atoms with Crippen molar-refractivity contribution in [2.75, 3.05) is 7.11 Å². The van der Waals surface area contributed by atoms with Gasteiger partial charge in [0.05, 0.1) is 0 Å². The first-order valence-electron chi connectivity index (χ1n) is 4.36. The molecule has 1 rings (SSSR count). The lowest BCUT2D eigenvalue weighted by atomic mass is 10.3. The number of nitrogens with two attached hydrogens (primary N) is 1. The number of methoxy groups -OCH3 is 1. The van der Waals surface area contributed by atoms with Crippen molar-refractivity contribution in [2.45, 2.75) is 19.6 Å². The highest BCUT2D eigenvalue weighted by molar-refractivity contribution is 5.28. The maximum atomic E-state index is 8.65. The molecule has 14 heavy (non-hydrogen) atoms. The summed E-state index contributed by atoms with van der Waals surface area (Å²) in [5.41, 5.74) is 5.25. The van der Waals surface area contributed by atoms with Crippen LogP contribution in [0.25, 0.3) is 0 Å². The predicted molar refractivity (Wildman–Crippen MR) is 55.0 cm³/mol. The molecule has 0 spiro atoms. The summed E-state index contributed by atoms with van der Waals surface area (Å²) >= 11 is 0. The predicted octanol–water partition coefficient (Wildman–Crippen LogP) is 1.43. The summed E-state index contributed by atoms with van der Waals surface area (Å²) in [6.07, 6.45) is 0.821. The van der Waals surface area contributed by atoms with Crippen LogP contribution >= 0.6 is 0 Å². The van der Waals surface area contributed by atoms with E-state index < -0.39 is 0 Å². The molecule has 0 bridgehead atoms. The quantitative estimate of drug-likeness (QED) is 0.497. The van der Waals surface area contributed by atoms with E-state index in [4.69, 9.17) is 15.9 Å². The Morgan fingerprint density at radius 1 is 1.21 bits per heavy atom.